The van der Waals surface area contributed by atoms with E-state index in [0.717, 1.165) is 66.4 Å². The lowest BCUT2D eigenvalue weighted by Gasteiger charge is -2.23. The molecule has 0 radical (unpaired) electrons. The quantitative estimate of drug-likeness (QED) is 0.204. The molecule has 33 heavy (non-hydrogen) atoms. The van der Waals surface area contributed by atoms with Gasteiger partial charge in [-0.25, -0.2) is 4.99 Å². The molecule has 5 nitrogen and oxygen atoms in total. The van der Waals surface area contributed by atoms with Crippen LogP contribution in [0.15, 0.2) is 57.6 Å². The van der Waals surface area contributed by atoms with Gasteiger partial charge in [0.2, 0.25) is 0 Å². The minimum atomic E-state index is -0.120. The van der Waals surface area contributed by atoms with Crippen LogP contribution < -0.4 is 15.0 Å². The number of ether oxygens (including phenoxy) is 1. The molecule has 1 aliphatic rings. The van der Waals surface area contributed by atoms with E-state index in [1.807, 2.05) is 19.9 Å². The minimum Gasteiger partial charge on any atom is -0.497 e. The maximum atomic E-state index is 12.6. The van der Waals surface area contributed by atoms with Crippen LogP contribution in [0.1, 0.15) is 58.9 Å². The molecule has 0 spiro atoms. The highest BCUT2D eigenvalue weighted by atomic mass is 32.2. The number of nitrogens with one attached hydrogen (secondary N) is 1. The van der Waals surface area contributed by atoms with Crippen molar-refractivity contribution in [3.8, 4) is 5.75 Å². The van der Waals surface area contributed by atoms with Crippen LogP contribution in [-0.2, 0) is 11.2 Å². The van der Waals surface area contributed by atoms with Crippen LogP contribution in [0.2, 0.25) is 0 Å². The molecule has 1 amide bonds. The molecule has 1 heterocycles. The van der Waals surface area contributed by atoms with Crippen LogP contribution in [0.5, 0.6) is 5.75 Å². The van der Waals surface area contributed by atoms with Gasteiger partial charge in [-0.05, 0) is 62.8 Å². The third-order valence-corrected chi connectivity index (χ3v) is 6.87. The Balaban J connectivity index is 2.11. The number of rotatable bonds is 13. The number of hydrogen-bond acceptors (Lipinski definition) is 5. The average Bonchev–Trinajstić information content (AvgIpc) is 3.23. The van der Waals surface area contributed by atoms with Gasteiger partial charge < -0.3 is 15.0 Å². The van der Waals surface area contributed by atoms with E-state index in [-0.39, 0.29) is 5.91 Å². The number of hydrogen-bond donors (Lipinski definition) is 1. The number of thioether (sulfide) groups is 1. The van der Waals surface area contributed by atoms with Crippen LogP contribution in [0.3, 0.4) is 0 Å². The smallest absolute Gasteiger partial charge is 0.257 e. The zero-order valence-corrected chi connectivity index (χ0v) is 21.7. The number of methoxy groups -OCH3 is 1. The Morgan fingerprint density at radius 2 is 1.97 bits per heavy atom. The Hall–Kier alpha value is -2.47. The summed E-state index contributed by atoms with van der Waals surface area (Å²) in [5.41, 5.74) is 3.30. The van der Waals surface area contributed by atoms with Crippen molar-refractivity contribution < 1.29 is 9.53 Å². The normalized spacial score (nSPS) is 13.8. The fourth-order valence-electron chi connectivity index (χ4n) is 4.11. The van der Waals surface area contributed by atoms with E-state index in [2.05, 4.69) is 54.3 Å². The van der Waals surface area contributed by atoms with Crippen molar-refractivity contribution in [1.29, 1.82) is 0 Å². The van der Waals surface area contributed by atoms with Crippen molar-refractivity contribution in [2.75, 3.05) is 25.1 Å². The Morgan fingerprint density at radius 3 is 2.58 bits per heavy atom. The van der Waals surface area contributed by atoms with E-state index in [0.29, 0.717) is 17.4 Å². The van der Waals surface area contributed by atoms with Gasteiger partial charge in [-0.15, -0.1) is 0 Å². The summed E-state index contributed by atoms with van der Waals surface area (Å²) in [4.78, 5) is 20.8. The molecule has 0 saturated carbocycles. The maximum Gasteiger partial charge on any atom is 0.257 e. The van der Waals surface area contributed by atoms with E-state index < -0.39 is 0 Å². The molecule has 0 fully saturated rings. The number of aliphatic imine (C=N–C) groups is 1. The standard InChI is InChI=1S/C27H39N3O2S/c1-8-11-22(12-9-2)18-29-27(31)21(6)33-20(5)19(4)26(28-10-3)30-16-15-23-17-24(32-7)13-14-25(23)30/h10,13-14,17,22H,5-6,8-9,11-12,15-16,18H2,1-4,7H3,(H,29,31)/b26-19+,28-10-. The van der Waals surface area contributed by atoms with Gasteiger partial charge in [-0.2, -0.15) is 0 Å². The predicted molar refractivity (Wildman–Crippen MR) is 143 cm³/mol. The molecule has 0 atom stereocenters. The van der Waals surface area contributed by atoms with E-state index >= 15 is 0 Å². The zero-order valence-electron chi connectivity index (χ0n) is 20.9. The van der Waals surface area contributed by atoms with Crippen molar-refractivity contribution in [3.05, 3.63) is 58.1 Å². The molecule has 1 aliphatic heterocycles. The van der Waals surface area contributed by atoms with Crippen molar-refractivity contribution in [2.24, 2.45) is 10.9 Å². The minimum absolute atomic E-state index is 0.120. The van der Waals surface area contributed by atoms with Crippen LogP contribution in [0, 0.1) is 5.92 Å². The molecule has 0 aliphatic carbocycles. The first-order valence-corrected chi connectivity index (χ1v) is 12.7. The first kappa shape index (κ1) is 26.8. The molecular weight excluding hydrogens is 430 g/mol. The van der Waals surface area contributed by atoms with E-state index in [9.17, 15) is 4.79 Å². The molecule has 6 heteroatoms. The summed E-state index contributed by atoms with van der Waals surface area (Å²) >= 11 is 1.32. The fourth-order valence-corrected chi connectivity index (χ4v) is 4.82. The first-order valence-electron chi connectivity index (χ1n) is 11.8. The summed E-state index contributed by atoms with van der Waals surface area (Å²) in [5, 5.41) is 3.06. The number of amides is 1. The Labute approximate surface area is 204 Å². The molecule has 0 saturated heterocycles. The predicted octanol–water partition coefficient (Wildman–Crippen LogP) is 6.47. The molecule has 180 valence electrons. The summed E-state index contributed by atoms with van der Waals surface area (Å²) < 4.78 is 5.37. The van der Waals surface area contributed by atoms with E-state index in [1.165, 1.54) is 17.3 Å². The molecule has 1 aromatic carbocycles. The van der Waals surface area contributed by atoms with Gasteiger partial charge in [0.25, 0.3) is 5.91 Å². The number of anilines is 1. The van der Waals surface area contributed by atoms with Gasteiger partial charge in [-0.3, -0.25) is 4.79 Å². The molecule has 0 bridgehead atoms. The highest BCUT2D eigenvalue weighted by Crippen LogP contribution is 2.38. The van der Waals surface area contributed by atoms with Gasteiger partial charge in [0, 0.05) is 35.5 Å². The summed E-state index contributed by atoms with van der Waals surface area (Å²) in [6.45, 7) is 18.0. The maximum absolute atomic E-state index is 12.6. The second kappa shape index (κ2) is 13.3. The number of nitrogens with zero attached hydrogens (tertiary/aromatic N) is 2. The number of allylic oxidation sites excluding steroid dienone is 1. The summed E-state index contributed by atoms with van der Waals surface area (Å²) in [7, 11) is 1.68. The molecule has 0 aromatic heterocycles. The van der Waals surface area contributed by atoms with Crippen molar-refractivity contribution >= 4 is 29.6 Å². The second-order valence-electron chi connectivity index (χ2n) is 8.33. The topological polar surface area (TPSA) is 53.9 Å². The molecule has 0 unspecified atom stereocenters. The van der Waals surface area contributed by atoms with E-state index in [4.69, 9.17) is 4.74 Å². The SMILES string of the molecule is C=C(SC(=C)/C(C)=C(\N=C/C)N1CCc2cc(OC)ccc21)C(=O)NCC(CCC)CCC. The fraction of sp³-hybridized carbons (Fsp3) is 0.481. The van der Waals surface area contributed by atoms with Crippen molar-refractivity contribution in [3.63, 3.8) is 0 Å². The van der Waals surface area contributed by atoms with Gasteiger partial charge >= 0.3 is 0 Å². The Bertz CT molecular complexity index is 914. The van der Waals surface area contributed by atoms with Gasteiger partial charge in [0.15, 0.2) is 0 Å². The monoisotopic (exact) mass is 469 g/mol. The molecule has 1 N–H and O–H groups in total. The zero-order chi connectivity index (χ0) is 24.4. The van der Waals surface area contributed by atoms with Crippen LogP contribution in [0.25, 0.3) is 0 Å². The van der Waals surface area contributed by atoms with Crippen molar-refractivity contribution in [2.45, 2.75) is 59.8 Å². The third kappa shape index (κ3) is 7.26. The number of fused-ring (bicyclic) bond motifs is 1. The number of benzene rings is 1. The van der Waals surface area contributed by atoms with Crippen LogP contribution in [-0.4, -0.2) is 32.3 Å². The lowest BCUT2D eigenvalue weighted by Crippen LogP contribution is -2.29. The molecule has 1 aromatic rings. The van der Waals surface area contributed by atoms with Gasteiger partial charge in [0.05, 0.1) is 12.0 Å². The lowest BCUT2D eigenvalue weighted by molar-refractivity contribution is -0.117. The third-order valence-electron chi connectivity index (χ3n) is 5.89. The highest BCUT2D eigenvalue weighted by Gasteiger charge is 2.25. The second-order valence-corrected chi connectivity index (χ2v) is 9.52. The Kier molecular flexibility index (Phi) is 10.8. The lowest BCUT2D eigenvalue weighted by atomic mass is 9.98. The summed E-state index contributed by atoms with van der Waals surface area (Å²) in [6, 6.07) is 6.13. The van der Waals surface area contributed by atoms with Gasteiger partial charge in [-0.1, -0.05) is 51.6 Å². The van der Waals surface area contributed by atoms with Crippen LogP contribution >= 0.6 is 11.8 Å². The summed E-state index contributed by atoms with van der Waals surface area (Å²) in [6.07, 6.45) is 7.23. The molecule has 2 rings (SSSR count). The van der Waals surface area contributed by atoms with Crippen LogP contribution in [0.4, 0.5) is 5.69 Å². The average molecular weight is 470 g/mol. The summed E-state index contributed by atoms with van der Waals surface area (Å²) in [5.74, 6) is 2.11. The number of carbonyl (C=O) groups excluding carboxylic acids is 1. The Morgan fingerprint density at radius 1 is 1.27 bits per heavy atom. The first-order chi connectivity index (χ1) is 15.9. The number of carbonyl (C=O) groups is 1. The van der Waals surface area contributed by atoms with E-state index in [1.54, 1.807) is 13.3 Å². The largest absolute Gasteiger partial charge is 0.497 e. The van der Waals surface area contributed by atoms with Gasteiger partial charge in [0.1, 0.15) is 11.6 Å². The molecular formula is C27H39N3O2S. The highest BCUT2D eigenvalue weighted by molar-refractivity contribution is 8.07. The van der Waals surface area contributed by atoms with Crippen molar-refractivity contribution in [1.82, 2.24) is 5.32 Å².